The SMILES string of the molecule is O=S(=O)(Cl)c1ccc(OC(F)F)c2[nH]cnc12. The van der Waals surface area contributed by atoms with E-state index in [1.165, 1.54) is 0 Å². The molecule has 0 radical (unpaired) electrons. The molecule has 0 saturated carbocycles. The van der Waals surface area contributed by atoms with Gasteiger partial charge in [-0.05, 0) is 12.1 Å². The van der Waals surface area contributed by atoms with E-state index in [2.05, 4.69) is 14.7 Å². The van der Waals surface area contributed by atoms with Gasteiger partial charge in [-0.3, -0.25) is 0 Å². The smallest absolute Gasteiger partial charge is 0.387 e. The molecular formula is C8H5ClF2N2O3S. The second-order valence-corrected chi connectivity index (χ2v) is 5.54. The first-order valence-electron chi connectivity index (χ1n) is 4.25. The molecule has 0 spiro atoms. The highest BCUT2D eigenvalue weighted by Gasteiger charge is 2.19. The molecule has 5 nitrogen and oxygen atoms in total. The Bertz CT molecular complexity index is 656. The van der Waals surface area contributed by atoms with Gasteiger partial charge in [0.25, 0.3) is 9.05 Å². The number of nitrogens with zero attached hydrogens (tertiary/aromatic N) is 1. The Balaban J connectivity index is 2.67. The third kappa shape index (κ3) is 2.32. The van der Waals surface area contributed by atoms with E-state index in [0.717, 1.165) is 18.5 Å². The van der Waals surface area contributed by atoms with Crippen LogP contribution in [0.3, 0.4) is 0 Å². The Kier molecular flexibility index (Phi) is 2.92. The van der Waals surface area contributed by atoms with Crippen LogP contribution < -0.4 is 4.74 Å². The Hall–Kier alpha value is -1.41. The summed E-state index contributed by atoms with van der Waals surface area (Å²) in [6.07, 6.45) is 1.16. The summed E-state index contributed by atoms with van der Waals surface area (Å²) >= 11 is 0. The van der Waals surface area contributed by atoms with Crippen LogP contribution >= 0.6 is 10.7 Å². The van der Waals surface area contributed by atoms with E-state index in [1.807, 2.05) is 0 Å². The molecule has 2 rings (SSSR count). The number of alkyl halides is 2. The van der Waals surface area contributed by atoms with Crippen molar-refractivity contribution in [2.24, 2.45) is 0 Å². The van der Waals surface area contributed by atoms with Gasteiger partial charge in [0.15, 0.2) is 5.75 Å². The van der Waals surface area contributed by atoms with E-state index in [0.29, 0.717) is 0 Å². The third-order valence-electron chi connectivity index (χ3n) is 1.98. The van der Waals surface area contributed by atoms with Crippen molar-refractivity contribution in [1.29, 1.82) is 0 Å². The van der Waals surface area contributed by atoms with Crippen LogP contribution in [-0.2, 0) is 9.05 Å². The predicted octanol–water partition coefficient (Wildman–Crippen LogP) is 2.09. The molecule has 1 aromatic carbocycles. The van der Waals surface area contributed by atoms with Crippen LogP contribution in [0.2, 0.25) is 0 Å². The number of halogens is 3. The lowest BCUT2D eigenvalue weighted by Gasteiger charge is -2.06. The van der Waals surface area contributed by atoms with Crippen LogP contribution in [0.25, 0.3) is 11.0 Å². The number of aromatic amines is 1. The zero-order valence-electron chi connectivity index (χ0n) is 8.02. The number of hydrogen-bond donors (Lipinski definition) is 1. The molecule has 9 heteroatoms. The van der Waals surface area contributed by atoms with Gasteiger partial charge in [-0.25, -0.2) is 13.4 Å². The van der Waals surface area contributed by atoms with Crippen molar-refractivity contribution in [1.82, 2.24) is 9.97 Å². The van der Waals surface area contributed by atoms with Crippen molar-refractivity contribution >= 4 is 30.8 Å². The van der Waals surface area contributed by atoms with E-state index >= 15 is 0 Å². The minimum atomic E-state index is -4.00. The van der Waals surface area contributed by atoms with Crippen molar-refractivity contribution in [3.05, 3.63) is 18.5 Å². The molecule has 1 heterocycles. The maximum atomic E-state index is 12.1. The summed E-state index contributed by atoms with van der Waals surface area (Å²) in [4.78, 5) is 5.96. The summed E-state index contributed by atoms with van der Waals surface area (Å²) in [5.41, 5.74) is 0.00479. The molecule has 0 atom stereocenters. The van der Waals surface area contributed by atoms with Crippen molar-refractivity contribution in [2.75, 3.05) is 0 Å². The lowest BCUT2D eigenvalue weighted by molar-refractivity contribution is -0.0489. The maximum absolute atomic E-state index is 12.1. The summed E-state index contributed by atoms with van der Waals surface area (Å²) in [6.45, 7) is -3.01. The van der Waals surface area contributed by atoms with Crippen LogP contribution in [0.15, 0.2) is 23.4 Å². The van der Waals surface area contributed by atoms with Crippen molar-refractivity contribution < 1.29 is 21.9 Å². The molecule has 2 aromatic rings. The fraction of sp³-hybridized carbons (Fsp3) is 0.125. The summed E-state index contributed by atoms with van der Waals surface area (Å²) in [6, 6.07) is 2.14. The van der Waals surface area contributed by atoms with Gasteiger partial charge in [0, 0.05) is 10.7 Å². The van der Waals surface area contributed by atoms with Crippen molar-refractivity contribution in [3.8, 4) is 5.75 Å². The average Bonchev–Trinajstić information content (AvgIpc) is 2.63. The van der Waals surface area contributed by atoms with Gasteiger partial charge in [-0.1, -0.05) is 0 Å². The Morgan fingerprint density at radius 1 is 1.41 bits per heavy atom. The number of rotatable bonds is 3. The molecule has 92 valence electrons. The van der Waals surface area contributed by atoms with Gasteiger partial charge >= 0.3 is 6.61 Å². The first-order chi connectivity index (χ1) is 7.89. The van der Waals surface area contributed by atoms with Crippen LogP contribution in [0.4, 0.5) is 8.78 Å². The Morgan fingerprint density at radius 3 is 2.71 bits per heavy atom. The number of H-pyrrole nitrogens is 1. The quantitative estimate of drug-likeness (QED) is 0.875. The average molecular weight is 283 g/mol. The van der Waals surface area contributed by atoms with E-state index in [9.17, 15) is 17.2 Å². The highest BCUT2D eigenvalue weighted by Crippen LogP contribution is 2.30. The Morgan fingerprint density at radius 2 is 2.12 bits per heavy atom. The molecule has 0 aliphatic carbocycles. The van der Waals surface area contributed by atoms with Gasteiger partial charge in [-0.2, -0.15) is 8.78 Å². The molecular weight excluding hydrogens is 278 g/mol. The highest BCUT2D eigenvalue weighted by molar-refractivity contribution is 8.14. The number of nitrogens with one attached hydrogen (secondary N) is 1. The van der Waals surface area contributed by atoms with E-state index < -0.39 is 15.7 Å². The molecule has 1 aromatic heterocycles. The minimum Gasteiger partial charge on any atom is -0.433 e. The first-order valence-corrected chi connectivity index (χ1v) is 6.56. The zero-order chi connectivity index (χ0) is 12.6. The summed E-state index contributed by atoms with van der Waals surface area (Å²) in [7, 11) is 1.18. The molecule has 0 amide bonds. The van der Waals surface area contributed by atoms with Crippen LogP contribution in [0, 0.1) is 0 Å². The number of ether oxygens (including phenoxy) is 1. The topological polar surface area (TPSA) is 72.1 Å². The Labute approximate surface area is 98.8 Å². The first kappa shape index (κ1) is 12.1. The largest absolute Gasteiger partial charge is 0.433 e. The third-order valence-corrected chi connectivity index (χ3v) is 3.34. The van der Waals surface area contributed by atoms with Gasteiger partial charge in [0.2, 0.25) is 0 Å². The zero-order valence-corrected chi connectivity index (χ0v) is 9.60. The number of fused-ring (bicyclic) bond motifs is 1. The number of hydrogen-bond acceptors (Lipinski definition) is 4. The summed E-state index contributed by atoms with van der Waals surface area (Å²) in [5, 5.41) is 0. The fourth-order valence-corrected chi connectivity index (χ4v) is 2.36. The molecule has 0 aliphatic rings. The number of aromatic nitrogens is 2. The minimum absolute atomic E-state index is 0.0434. The number of benzene rings is 1. The molecule has 1 N–H and O–H groups in total. The molecule has 17 heavy (non-hydrogen) atoms. The van der Waals surface area contributed by atoms with Crippen LogP contribution in [-0.4, -0.2) is 25.0 Å². The molecule has 0 saturated heterocycles. The van der Waals surface area contributed by atoms with Crippen LogP contribution in [0.1, 0.15) is 0 Å². The highest BCUT2D eigenvalue weighted by atomic mass is 35.7. The van der Waals surface area contributed by atoms with Crippen molar-refractivity contribution in [3.63, 3.8) is 0 Å². The lowest BCUT2D eigenvalue weighted by atomic mass is 10.3. The standard InChI is InChI=1S/C8H5ClF2N2O3S/c9-17(14,15)5-2-1-4(16-8(10)11)6-7(5)13-3-12-6/h1-3,8H,(H,12,13). The second-order valence-electron chi connectivity index (χ2n) is 3.00. The molecule has 0 fully saturated rings. The second kappa shape index (κ2) is 4.11. The predicted molar refractivity (Wildman–Crippen MR) is 55.8 cm³/mol. The molecule has 0 aliphatic heterocycles. The lowest BCUT2D eigenvalue weighted by Crippen LogP contribution is -2.03. The van der Waals surface area contributed by atoms with E-state index in [1.54, 1.807) is 0 Å². The summed E-state index contributed by atoms with van der Waals surface area (Å²) in [5.74, 6) is -0.198. The number of imidazole rings is 1. The van der Waals surface area contributed by atoms with Gasteiger partial charge in [0.1, 0.15) is 15.9 Å². The van der Waals surface area contributed by atoms with Gasteiger partial charge in [-0.15, -0.1) is 0 Å². The fourth-order valence-electron chi connectivity index (χ4n) is 1.37. The maximum Gasteiger partial charge on any atom is 0.387 e. The van der Waals surface area contributed by atoms with Crippen LogP contribution in [0.5, 0.6) is 5.75 Å². The van der Waals surface area contributed by atoms with E-state index in [-0.39, 0.29) is 21.7 Å². The summed E-state index contributed by atoms with van der Waals surface area (Å²) < 4.78 is 50.8. The van der Waals surface area contributed by atoms with E-state index in [4.69, 9.17) is 10.7 Å². The monoisotopic (exact) mass is 282 g/mol. The van der Waals surface area contributed by atoms with Gasteiger partial charge < -0.3 is 9.72 Å². The van der Waals surface area contributed by atoms with Gasteiger partial charge in [0.05, 0.1) is 6.33 Å². The normalized spacial score (nSPS) is 12.2. The molecule has 0 bridgehead atoms. The molecule has 0 unspecified atom stereocenters. The van der Waals surface area contributed by atoms with Crippen molar-refractivity contribution in [2.45, 2.75) is 11.5 Å².